The maximum atomic E-state index is 11.5. The Kier molecular flexibility index (Phi) is 28.9. The average molecular weight is 465 g/mol. The molecule has 0 spiro atoms. The second-order valence-electron chi connectivity index (χ2n) is 6.85. The predicted octanol–water partition coefficient (Wildman–Crippen LogP) is 4.30. The number of methoxy groups -OCH3 is 1. The summed E-state index contributed by atoms with van der Waals surface area (Å²) in [5, 5.41) is 6.89. The van der Waals surface area contributed by atoms with Crippen LogP contribution in [0.5, 0.6) is 0 Å². The Balaban J connectivity index is -0.000000494. The van der Waals surface area contributed by atoms with Crippen LogP contribution in [0, 0.1) is 0 Å². The van der Waals surface area contributed by atoms with E-state index < -0.39 is 6.10 Å². The van der Waals surface area contributed by atoms with E-state index in [2.05, 4.69) is 18.6 Å². The van der Waals surface area contributed by atoms with E-state index in [4.69, 9.17) is 24.1 Å². The van der Waals surface area contributed by atoms with E-state index in [9.17, 15) is 14.4 Å². The number of carbonyl (C=O) groups excluding carboxylic acids is 3. The number of ether oxygens (including phenoxy) is 4. The highest BCUT2D eigenvalue weighted by atomic mass is 16.6. The Labute approximate surface area is 193 Å². The molecule has 32 heavy (non-hydrogen) atoms. The summed E-state index contributed by atoms with van der Waals surface area (Å²) >= 11 is 0. The molecule has 1 fully saturated rings. The van der Waals surface area contributed by atoms with Gasteiger partial charge in [-0.25, -0.2) is 0 Å². The summed E-state index contributed by atoms with van der Waals surface area (Å²) in [7, 11) is 1.40. The van der Waals surface area contributed by atoms with Gasteiger partial charge in [-0.3, -0.25) is 19.2 Å². The fraction of sp³-hybridized carbons (Fsp3) is 0.826. The third-order valence-corrected chi connectivity index (χ3v) is 3.90. The first-order chi connectivity index (χ1) is 15.3. The topological polar surface area (TPSA) is 125 Å². The molecule has 1 N–H and O–H groups in total. The van der Waals surface area contributed by atoms with Gasteiger partial charge >= 0.3 is 17.9 Å². The van der Waals surface area contributed by atoms with Crippen LogP contribution in [0.3, 0.4) is 0 Å². The van der Waals surface area contributed by atoms with Gasteiger partial charge in [-0.1, -0.05) is 47.5 Å². The molecule has 2 unspecified atom stereocenters. The van der Waals surface area contributed by atoms with Crippen LogP contribution < -0.4 is 0 Å². The average Bonchev–Trinajstić information content (AvgIpc) is 2.77. The van der Waals surface area contributed by atoms with Gasteiger partial charge in [0.15, 0.2) is 6.10 Å². The van der Waals surface area contributed by atoms with E-state index in [1.54, 1.807) is 0 Å². The van der Waals surface area contributed by atoms with Crippen molar-refractivity contribution in [1.29, 1.82) is 0 Å². The van der Waals surface area contributed by atoms with Gasteiger partial charge in [0.05, 0.1) is 20.3 Å². The molecule has 1 saturated heterocycles. The lowest BCUT2D eigenvalue weighted by Gasteiger charge is -2.30. The highest BCUT2D eigenvalue weighted by molar-refractivity contribution is 5.70. The normalized spacial score (nSPS) is 16.3. The third kappa shape index (κ3) is 24.1. The van der Waals surface area contributed by atoms with Crippen molar-refractivity contribution in [1.82, 2.24) is 0 Å². The molecule has 9 heteroatoms. The van der Waals surface area contributed by atoms with Gasteiger partial charge in [0.1, 0.15) is 6.10 Å². The van der Waals surface area contributed by atoms with Gasteiger partial charge in [0.2, 0.25) is 0 Å². The first kappa shape index (κ1) is 34.5. The molecule has 0 aromatic rings. The first-order valence-corrected chi connectivity index (χ1v) is 11.4. The molecule has 9 nitrogen and oxygen atoms in total. The van der Waals surface area contributed by atoms with Crippen LogP contribution in [0.2, 0.25) is 0 Å². The largest absolute Gasteiger partial charge is 0.483 e. The number of hydrogen-bond acceptors (Lipinski definition) is 8. The zero-order chi connectivity index (χ0) is 25.2. The molecule has 0 aromatic heterocycles. The molecular formula is C23H44O9. The SMILES string of the molecule is CCCC.CCCC(=O)OC.CCCC(=O)OC1CCOCC1OC(=O)CCC.O=CO. The van der Waals surface area contributed by atoms with Crippen molar-refractivity contribution in [2.75, 3.05) is 20.3 Å². The lowest BCUT2D eigenvalue weighted by Crippen LogP contribution is -2.43. The van der Waals surface area contributed by atoms with Gasteiger partial charge in [-0.15, -0.1) is 0 Å². The molecule has 1 aliphatic rings. The van der Waals surface area contributed by atoms with Crippen molar-refractivity contribution in [3.63, 3.8) is 0 Å². The van der Waals surface area contributed by atoms with Crippen LogP contribution in [-0.4, -0.2) is 62.0 Å². The molecule has 0 bridgehead atoms. The van der Waals surface area contributed by atoms with Crippen LogP contribution in [0.1, 0.15) is 92.4 Å². The zero-order valence-corrected chi connectivity index (χ0v) is 20.7. The molecule has 0 saturated carbocycles. The Hall–Kier alpha value is -2.16. The van der Waals surface area contributed by atoms with Crippen LogP contribution >= 0.6 is 0 Å². The van der Waals surface area contributed by atoms with E-state index in [0.717, 1.165) is 19.3 Å². The van der Waals surface area contributed by atoms with Crippen LogP contribution in [0.15, 0.2) is 0 Å². The van der Waals surface area contributed by atoms with Crippen molar-refractivity contribution < 1.29 is 43.2 Å². The standard InChI is InChI=1S/C13H22O5.C5H10O2.C4H10.CH2O2/c1-3-5-12(14)17-10-7-8-16-9-11(10)18-13(15)6-4-2;1-3-4-5(6)7-2;1-3-4-2;2-1-3/h10-11H,3-9H2,1-2H3;3-4H2,1-2H3;3-4H2,1-2H3;1H,(H,2,3). The smallest absolute Gasteiger partial charge is 0.306 e. The Bertz CT molecular complexity index is 436. The molecule has 0 radical (unpaired) electrons. The quantitative estimate of drug-likeness (QED) is 0.302. The van der Waals surface area contributed by atoms with E-state index in [0.29, 0.717) is 38.9 Å². The van der Waals surface area contributed by atoms with Crippen molar-refractivity contribution in [2.45, 2.75) is 105 Å². The van der Waals surface area contributed by atoms with Gasteiger partial charge < -0.3 is 24.1 Å². The summed E-state index contributed by atoms with van der Waals surface area (Å²) in [5.74, 6) is -0.618. The first-order valence-electron chi connectivity index (χ1n) is 11.4. The Morgan fingerprint density at radius 3 is 1.56 bits per heavy atom. The van der Waals surface area contributed by atoms with Crippen LogP contribution in [0.4, 0.5) is 0 Å². The molecule has 0 amide bonds. The number of esters is 3. The maximum Gasteiger partial charge on any atom is 0.306 e. The summed E-state index contributed by atoms with van der Waals surface area (Å²) in [4.78, 5) is 41.5. The molecule has 0 aliphatic carbocycles. The third-order valence-electron chi connectivity index (χ3n) is 3.90. The fourth-order valence-corrected chi connectivity index (χ4v) is 2.11. The van der Waals surface area contributed by atoms with Crippen LogP contribution in [0.25, 0.3) is 0 Å². The minimum absolute atomic E-state index is 0.123. The van der Waals surface area contributed by atoms with Gasteiger partial charge in [0, 0.05) is 25.7 Å². The molecule has 1 rings (SSSR count). The van der Waals surface area contributed by atoms with E-state index in [-0.39, 0.29) is 30.5 Å². The summed E-state index contributed by atoms with van der Waals surface area (Å²) in [6.07, 6.45) is 6.08. The molecule has 2 atom stereocenters. The summed E-state index contributed by atoms with van der Waals surface area (Å²) in [5.41, 5.74) is 0. The fourth-order valence-electron chi connectivity index (χ4n) is 2.11. The van der Waals surface area contributed by atoms with E-state index in [1.165, 1.54) is 20.0 Å². The van der Waals surface area contributed by atoms with E-state index in [1.807, 2.05) is 20.8 Å². The number of carbonyl (C=O) groups is 4. The van der Waals surface area contributed by atoms with E-state index >= 15 is 0 Å². The summed E-state index contributed by atoms with van der Waals surface area (Å²) < 4.78 is 20.2. The molecular weight excluding hydrogens is 420 g/mol. The lowest BCUT2D eigenvalue weighted by atomic mass is 10.1. The van der Waals surface area contributed by atoms with Crippen molar-refractivity contribution in [3.05, 3.63) is 0 Å². The minimum Gasteiger partial charge on any atom is -0.483 e. The Morgan fingerprint density at radius 2 is 1.22 bits per heavy atom. The molecule has 190 valence electrons. The summed E-state index contributed by atoms with van der Waals surface area (Å²) in [6, 6.07) is 0. The zero-order valence-electron chi connectivity index (χ0n) is 20.7. The molecule has 1 aliphatic heterocycles. The minimum atomic E-state index is -0.460. The molecule has 0 aromatic carbocycles. The van der Waals surface area contributed by atoms with Gasteiger partial charge in [-0.2, -0.15) is 0 Å². The van der Waals surface area contributed by atoms with Crippen molar-refractivity contribution in [3.8, 4) is 0 Å². The van der Waals surface area contributed by atoms with Gasteiger partial charge in [-0.05, 0) is 19.3 Å². The molecule has 1 heterocycles. The number of carboxylic acid groups (broad SMARTS) is 1. The van der Waals surface area contributed by atoms with Gasteiger partial charge in [0.25, 0.3) is 6.47 Å². The lowest BCUT2D eigenvalue weighted by molar-refractivity contribution is -0.182. The second kappa shape index (κ2) is 26.9. The Morgan fingerprint density at radius 1 is 0.812 bits per heavy atom. The maximum absolute atomic E-state index is 11.5. The van der Waals surface area contributed by atoms with Crippen LogP contribution in [-0.2, 0) is 38.1 Å². The van der Waals surface area contributed by atoms with Crippen molar-refractivity contribution >= 4 is 24.4 Å². The number of unbranched alkanes of at least 4 members (excludes halogenated alkanes) is 1. The number of hydrogen-bond donors (Lipinski definition) is 1. The second-order valence-corrected chi connectivity index (χ2v) is 6.85. The monoisotopic (exact) mass is 464 g/mol. The van der Waals surface area contributed by atoms with Crippen molar-refractivity contribution in [2.24, 2.45) is 0 Å². The highest BCUT2D eigenvalue weighted by Crippen LogP contribution is 2.17. The predicted molar refractivity (Wildman–Crippen MR) is 121 cm³/mol. The summed E-state index contributed by atoms with van der Waals surface area (Å²) in [6.45, 7) is 10.7. The number of rotatable bonds is 9. The highest BCUT2D eigenvalue weighted by Gasteiger charge is 2.31.